The van der Waals surface area contributed by atoms with Crippen LogP contribution >= 0.6 is 0 Å². The lowest BCUT2D eigenvalue weighted by molar-refractivity contribution is -0.392. The summed E-state index contributed by atoms with van der Waals surface area (Å²) in [6.07, 6.45) is -43.0. The fourth-order valence-corrected chi connectivity index (χ4v) is 7.37. The van der Waals surface area contributed by atoms with Crippen LogP contribution in [0.2, 0.25) is 0 Å². The third-order valence-electron chi connectivity index (χ3n) is 10.7. The van der Waals surface area contributed by atoms with Crippen LogP contribution in [0.4, 0.5) is 0 Å². The van der Waals surface area contributed by atoms with Crippen molar-refractivity contribution in [2.24, 2.45) is 0 Å². The highest BCUT2D eigenvalue weighted by molar-refractivity contribution is 5.73. The summed E-state index contributed by atoms with van der Waals surface area (Å²) in [5, 5.41) is 160. The summed E-state index contributed by atoms with van der Waals surface area (Å²) >= 11 is 0. The van der Waals surface area contributed by atoms with Crippen LogP contribution in [0.15, 0.2) is 0 Å². The van der Waals surface area contributed by atoms with Gasteiger partial charge in [0.15, 0.2) is 31.5 Å². The van der Waals surface area contributed by atoms with E-state index in [1.54, 1.807) is 0 Å². The average molecular weight is 854 g/mol. The fraction of sp³-hybridized carbons (Fsp3) is 0.969. The monoisotopic (exact) mass is 853 g/mol. The van der Waals surface area contributed by atoms with Crippen molar-refractivity contribution in [3.8, 4) is 0 Å². The zero-order chi connectivity index (χ0) is 42.9. The molecule has 0 aromatic heterocycles. The molecule has 5 aliphatic heterocycles. The number of carbonyl (C=O) groups is 1. The first-order chi connectivity index (χ1) is 27.4. The molecule has 0 aromatic carbocycles. The summed E-state index contributed by atoms with van der Waals surface area (Å²) < 4.78 is 50.6. The molecule has 1 amide bonds. The first kappa shape index (κ1) is 47.6. The summed E-state index contributed by atoms with van der Waals surface area (Å²) in [5.41, 5.74) is 0. The lowest BCUT2D eigenvalue weighted by atomic mass is 9.94. The standard InChI is InChI=1S/C32H55NO25/c1-7-14(39)18(43)20(45)30(50-7)58-27-22(47)28(49)51-12(6-37)25(27)56-32-23(48)26(16(41)10(4-35)53-32)57-29-13(33-8(2)38)17(42)24(11(5-36)54-29)55-31-21(46)19(44)15(40)9(3-34)52-31/h7,9-32,34-37,39-49H,3-6H2,1-2H3,(H,33,38)/t7-,9+,10+,11+,12+,13+,14+,15-,16-,17+,18+,19-,20-,21+,22+,23+,24+,25+,26-,27+,28+,29-,30-,31-,32-/m0/s1. The van der Waals surface area contributed by atoms with Crippen molar-refractivity contribution in [1.82, 2.24) is 5.32 Å². The Morgan fingerprint density at radius 2 is 0.897 bits per heavy atom. The molecule has 0 unspecified atom stereocenters. The molecule has 0 saturated carbocycles. The molecule has 26 heteroatoms. The zero-order valence-electron chi connectivity index (χ0n) is 31.1. The molecule has 0 radical (unpaired) electrons. The molecule has 0 spiro atoms. The Labute approximate surface area is 329 Å². The highest BCUT2D eigenvalue weighted by atomic mass is 16.8. The van der Waals surface area contributed by atoms with Gasteiger partial charge in [0.1, 0.15) is 116 Å². The predicted molar refractivity (Wildman–Crippen MR) is 177 cm³/mol. The lowest BCUT2D eigenvalue weighted by Gasteiger charge is -2.50. The topological polar surface area (TPSA) is 416 Å². The minimum Gasteiger partial charge on any atom is -0.394 e. The molecule has 58 heavy (non-hydrogen) atoms. The Morgan fingerprint density at radius 1 is 0.448 bits per heavy atom. The summed E-state index contributed by atoms with van der Waals surface area (Å²) in [6.45, 7) is -1.30. The van der Waals surface area contributed by atoms with Gasteiger partial charge in [0.05, 0.1) is 32.5 Å². The maximum Gasteiger partial charge on any atom is 0.217 e. The summed E-state index contributed by atoms with van der Waals surface area (Å²) in [6, 6.07) is -1.68. The van der Waals surface area contributed by atoms with Crippen molar-refractivity contribution in [2.75, 3.05) is 26.4 Å². The van der Waals surface area contributed by atoms with E-state index in [0.29, 0.717) is 0 Å². The predicted octanol–water partition coefficient (Wildman–Crippen LogP) is -10.8. The minimum absolute atomic E-state index is 0.791. The van der Waals surface area contributed by atoms with Crippen LogP contribution in [0, 0.1) is 0 Å². The maximum atomic E-state index is 12.3. The first-order valence-corrected chi connectivity index (χ1v) is 18.5. The molecule has 16 N–H and O–H groups in total. The van der Waals surface area contributed by atoms with E-state index in [4.69, 9.17) is 42.6 Å². The maximum absolute atomic E-state index is 12.3. The molecular weight excluding hydrogens is 798 g/mol. The van der Waals surface area contributed by atoms with E-state index >= 15 is 0 Å². The molecule has 5 rings (SSSR count). The molecular formula is C32H55NO25. The van der Waals surface area contributed by atoms with Gasteiger partial charge in [-0.15, -0.1) is 0 Å². The normalized spacial score (nSPS) is 51.6. The number of hydrogen-bond donors (Lipinski definition) is 16. The first-order valence-electron chi connectivity index (χ1n) is 18.5. The number of carbonyl (C=O) groups excluding carboxylic acids is 1. The van der Waals surface area contributed by atoms with Gasteiger partial charge in [-0.05, 0) is 6.92 Å². The molecule has 5 fully saturated rings. The van der Waals surface area contributed by atoms with Gasteiger partial charge in [-0.1, -0.05) is 0 Å². The van der Waals surface area contributed by atoms with E-state index in [1.807, 2.05) is 0 Å². The molecule has 26 nitrogen and oxygen atoms in total. The minimum atomic E-state index is -2.13. The van der Waals surface area contributed by atoms with Crippen molar-refractivity contribution < 1.29 is 124 Å². The number of aliphatic hydroxyl groups excluding tert-OH is 15. The van der Waals surface area contributed by atoms with Crippen molar-refractivity contribution in [3.05, 3.63) is 0 Å². The number of aliphatic hydroxyl groups is 15. The Hall–Kier alpha value is -1.49. The molecule has 338 valence electrons. The van der Waals surface area contributed by atoms with Gasteiger partial charge in [-0.2, -0.15) is 0 Å². The number of hydrogen-bond acceptors (Lipinski definition) is 25. The van der Waals surface area contributed by atoms with Crippen LogP contribution in [0.3, 0.4) is 0 Å². The van der Waals surface area contributed by atoms with Gasteiger partial charge < -0.3 is 125 Å². The number of rotatable bonds is 13. The van der Waals surface area contributed by atoms with Crippen LogP contribution in [0.25, 0.3) is 0 Å². The van der Waals surface area contributed by atoms with E-state index in [-0.39, 0.29) is 0 Å². The third-order valence-corrected chi connectivity index (χ3v) is 10.7. The molecule has 5 saturated heterocycles. The van der Waals surface area contributed by atoms with Gasteiger partial charge in [0.25, 0.3) is 0 Å². The second-order valence-corrected chi connectivity index (χ2v) is 14.7. The van der Waals surface area contributed by atoms with Crippen LogP contribution in [0.1, 0.15) is 13.8 Å². The molecule has 0 aromatic rings. The van der Waals surface area contributed by atoms with E-state index in [0.717, 1.165) is 6.92 Å². The number of nitrogens with one attached hydrogen (secondary N) is 1. The second-order valence-electron chi connectivity index (χ2n) is 14.7. The quantitative estimate of drug-likeness (QED) is 0.0818. The van der Waals surface area contributed by atoms with Gasteiger partial charge in [0, 0.05) is 6.92 Å². The average Bonchev–Trinajstić information content (AvgIpc) is 3.19. The molecule has 5 heterocycles. The van der Waals surface area contributed by atoms with Crippen molar-refractivity contribution in [2.45, 2.75) is 167 Å². The van der Waals surface area contributed by atoms with E-state index in [2.05, 4.69) is 5.32 Å². The Kier molecular flexibility index (Phi) is 16.5. The Bertz CT molecular complexity index is 1310. The van der Waals surface area contributed by atoms with Gasteiger partial charge in [-0.25, -0.2) is 0 Å². The SMILES string of the molecule is CC(=O)N[C@H]1[C@H](O[C@H]2[C@@H](O)[C@@H](CO)O[C@@H](O[C@H]3[C@H](O[C@@H]4O[C@@H](C)[C@@H](O)[C@@H](O)[C@@H]4O)[C@@H](O)[C@H](O)O[C@@H]3CO)[C@@H]2O)O[C@H](CO)[C@@H](O[C@@H]2O[C@H](CO)[C@H](O)[C@H](O)[C@H]2O)[C@@H]1O. The molecule has 0 bridgehead atoms. The molecule has 5 aliphatic rings. The van der Waals surface area contributed by atoms with E-state index < -0.39 is 186 Å². The molecule has 25 atom stereocenters. The third kappa shape index (κ3) is 9.75. The van der Waals surface area contributed by atoms with Crippen molar-refractivity contribution >= 4 is 5.91 Å². The smallest absolute Gasteiger partial charge is 0.217 e. The van der Waals surface area contributed by atoms with Gasteiger partial charge in [-0.3, -0.25) is 4.79 Å². The lowest BCUT2D eigenvalue weighted by Crippen LogP contribution is -2.70. The highest BCUT2D eigenvalue weighted by Gasteiger charge is 2.57. The number of ether oxygens (including phenoxy) is 9. The van der Waals surface area contributed by atoms with Crippen LogP contribution < -0.4 is 5.32 Å². The highest BCUT2D eigenvalue weighted by Crippen LogP contribution is 2.36. The van der Waals surface area contributed by atoms with Crippen molar-refractivity contribution in [1.29, 1.82) is 0 Å². The number of amides is 1. The van der Waals surface area contributed by atoms with Crippen LogP contribution in [0.5, 0.6) is 0 Å². The van der Waals surface area contributed by atoms with Gasteiger partial charge >= 0.3 is 0 Å². The zero-order valence-corrected chi connectivity index (χ0v) is 31.1. The largest absolute Gasteiger partial charge is 0.394 e. The van der Waals surface area contributed by atoms with Crippen molar-refractivity contribution in [3.63, 3.8) is 0 Å². The summed E-state index contributed by atoms with van der Waals surface area (Å²) in [4.78, 5) is 12.3. The summed E-state index contributed by atoms with van der Waals surface area (Å²) in [5.74, 6) is -0.791. The van der Waals surface area contributed by atoms with Gasteiger partial charge in [0.2, 0.25) is 5.91 Å². The van der Waals surface area contributed by atoms with E-state index in [1.165, 1.54) is 6.92 Å². The van der Waals surface area contributed by atoms with Crippen LogP contribution in [-0.2, 0) is 47.4 Å². The summed E-state index contributed by atoms with van der Waals surface area (Å²) in [7, 11) is 0. The molecule has 0 aliphatic carbocycles. The second kappa shape index (κ2) is 20.1. The van der Waals surface area contributed by atoms with Crippen LogP contribution in [-0.4, -0.2) is 262 Å². The van der Waals surface area contributed by atoms with E-state index in [9.17, 15) is 81.4 Å². The Balaban J connectivity index is 1.38. The fourth-order valence-electron chi connectivity index (χ4n) is 7.37. The Morgan fingerprint density at radius 3 is 1.47 bits per heavy atom.